The lowest BCUT2D eigenvalue weighted by molar-refractivity contribution is 0.0878. The zero-order valence-corrected chi connectivity index (χ0v) is 12.2. The molecule has 104 valence electrons. The fourth-order valence-electron chi connectivity index (χ4n) is 2.46. The zero-order chi connectivity index (χ0) is 14.0. The molecule has 1 aliphatic heterocycles. The summed E-state index contributed by atoms with van der Waals surface area (Å²) in [6, 6.07) is 1.85. The first-order valence-corrected chi connectivity index (χ1v) is 6.84. The highest BCUT2D eigenvalue weighted by Crippen LogP contribution is 2.16. The summed E-state index contributed by atoms with van der Waals surface area (Å²) in [5.74, 6) is 0.259. The van der Waals surface area contributed by atoms with Crippen LogP contribution in [0, 0.1) is 12.8 Å². The maximum Gasteiger partial charge on any atom is 0.270 e. The Morgan fingerprint density at radius 3 is 2.89 bits per heavy atom. The molecule has 0 aromatic carbocycles. The quantitative estimate of drug-likeness (QED) is 0.836. The second-order valence-electron chi connectivity index (χ2n) is 5.27. The molecule has 1 aromatic rings. The van der Waals surface area contributed by atoms with Crippen LogP contribution in [-0.4, -0.2) is 47.0 Å². The number of aryl methyl sites for hydroxylation is 1. The molecule has 1 saturated heterocycles. The van der Waals surface area contributed by atoms with Gasteiger partial charge in [-0.2, -0.15) is 0 Å². The SMILES string of the molecule is Cc1cc(C(=O)NC2CCN(C)CC2C)nc(Cl)n1. The van der Waals surface area contributed by atoms with Crippen molar-refractivity contribution in [3.63, 3.8) is 0 Å². The van der Waals surface area contributed by atoms with Crippen LogP contribution in [0.4, 0.5) is 0 Å². The smallest absolute Gasteiger partial charge is 0.270 e. The number of nitrogens with one attached hydrogen (secondary N) is 1. The molecule has 2 atom stereocenters. The lowest BCUT2D eigenvalue weighted by Crippen LogP contribution is -2.49. The minimum Gasteiger partial charge on any atom is -0.348 e. The monoisotopic (exact) mass is 282 g/mol. The van der Waals surface area contributed by atoms with E-state index in [1.54, 1.807) is 13.0 Å². The predicted molar refractivity (Wildman–Crippen MR) is 74.3 cm³/mol. The van der Waals surface area contributed by atoms with Crippen LogP contribution in [0.15, 0.2) is 6.07 Å². The van der Waals surface area contributed by atoms with E-state index in [9.17, 15) is 4.79 Å². The van der Waals surface area contributed by atoms with Crippen LogP contribution < -0.4 is 5.32 Å². The van der Waals surface area contributed by atoms with Gasteiger partial charge in [-0.25, -0.2) is 9.97 Å². The third-order valence-electron chi connectivity index (χ3n) is 3.48. The van der Waals surface area contributed by atoms with Gasteiger partial charge in [-0.3, -0.25) is 4.79 Å². The Morgan fingerprint density at radius 1 is 1.53 bits per heavy atom. The summed E-state index contributed by atoms with van der Waals surface area (Å²) in [5.41, 5.74) is 1.03. The van der Waals surface area contributed by atoms with E-state index in [1.807, 2.05) is 0 Å². The number of rotatable bonds is 2. The Bertz CT molecular complexity index is 459. The summed E-state index contributed by atoms with van der Waals surface area (Å²) in [7, 11) is 2.10. The number of hydrogen-bond donors (Lipinski definition) is 1. The molecule has 5 nitrogen and oxygen atoms in total. The molecular formula is C13H19ClN4O. The van der Waals surface area contributed by atoms with Crippen molar-refractivity contribution < 1.29 is 4.79 Å². The van der Waals surface area contributed by atoms with Gasteiger partial charge in [-0.1, -0.05) is 6.92 Å². The largest absolute Gasteiger partial charge is 0.348 e. The molecule has 1 aliphatic rings. The average molecular weight is 283 g/mol. The first-order chi connectivity index (χ1) is 8.95. The normalized spacial score (nSPS) is 24.2. The molecule has 1 amide bonds. The highest BCUT2D eigenvalue weighted by Gasteiger charge is 2.26. The molecule has 0 radical (unpaired) electrons. The van der Waals surface area contributed by atoms with Crippen molar-refractivity contribution in [2.45, 2.75) is 26.3 Å². The van der Waals surface area contributed by atoms with E-state index in [2.05, 4.69) is 34.2 Å². The standard InChI is InChI=1S/C13H19ClN4O/c1-8-7-18(3)5-4-10(8)16-12(19)11-6-9(2)15-13(14)17-11/h6,8,10H,4-5,7H2,1-3H3,(H,16,19). The van der Waals surface area contributed by atoms with Gasteiger partial charge in [0.2, 0.25) is 5.28 Å². The van der Waals surface area contributed by atoms with E-state index in [0.29, 0.717) is 17.3 Å². The predicted octanol–water partition coefficient (Wildman–Crippen LogP) is 1.51. The molecule has 6 heteroatoms. The van der Waals surface area contributed by atoms with Gasteiger partial charge in [0.15, 0.2) is 0 Å². The van der Waals surface area contributed by atoms with Crippen LogP contribution >= 0.6 is 11.6 Å². The molecule has 2 heterocycles. The third-order valence-corrected chi connectivity index (χ3v) is 3.65. The zero-order valence-electron chi connectivity index (χ0n) is 11.5. The van der Waals surface area contributed by atoms with Gasteiger partial charge in [-0.05, 0) is 50.5 Å². The van der Waals surface area contributed by atoms with Crippen LogP contribution in [0.2, 0.25) is 5.28 Å². The molecular weight excluding hydrogens is 264 g/mol. The summed E-state index contributed by atoms with van der Waals surface area (Å²) in [6.07, 6.45) is 0.960. The first-order valence-electron chi connectivity index (χ1n) is 6.46. The number of carbonyl (C=O) groups excluding carboxylic acids is 1. The molecule has 1 fully saturated rings. The molecule has 1 aromatic heterocycles. The maximum atomic E-state index is 12.2. The fourth-order valence-corrected chi connectivity index (χ4v) is 2.68. The number of nitrogens with zero attached hydrogens (tertiary/aromatic N) is 3. The second-order valence-corrected chi connectivity index (χ2v) is 5.61. The van der Waals surface area contributed by atoms with Gasteiger partial charge < -0.3 is 10.2 Å². The van der Waals surface area contributed by atoms with E-state index in [1.165, 1.54) is 0 Å². The van der Waals surface area contributed by atoms with E-state index in [-0.39, 0.29) is 17.2 Å². The molecule has 2 rings (SSSR count). The van der Waals surface area contributed by atoms with Crippen molar-refractivity contribution in [2.75, 3.05) is 20.1 Å². The summed E-state index contributed by atoms with van der Waals surface area (Å²) < 4.78 is 0. The van der Waals surface area contributed by atoms with E-state index < -0.39 is 0 Å². The van der Waals surface area contributed by atoms with Gasteiger partial charge in [-0.15, -0.1) is 0 Å². The topological polar surface area (TPSA) is 58.1 Å². The Morgan fingerprint density at radius 2 is 2.26 bits per heavy atom. The molecule has 19 heavy (non-hydrogen) atoms. The Labute approximate surface area is 118 Å². The summed E-state index contributed by atoms with van der Waals surface area (Å²) in [5, 5.41) is 3.16. The van der Waals surface area contributed by atoms with E-state index in [0.717, 1.165) is 19.5 Å². The van der Waals surface area contributed by atoms with Crippen molar-refractivity contribution >= 4 is 17.5 Å². The lowest BCUT2D eigenvalue weighted by Gasteiger charge is -2.35. The molecule has 1 N–H and O–H groups in total. The minimum atomic E-state index is -0.172. The number of likely N-dealkylation sites (tertiary alicyclic amines) is 1. The number of hydrogen-bond acceptors (Lipinski definition) is 4. The highest BCUT2D eigenvalue weighted by molar-refractivity contribution is 6.28. The third kappa shape index (κ3) is 3.64. The molecule has 0 spiro atoms. The second kappa shape index (κ2) is 5.84. The summed E-state index contributed by atoms with van der Waals surface area (Å²) in [4.78, 5) is 22.4. The van der Waals surface area contributed by atoms with Crippen LogP contribution in [0.25, 0.3) is 0 Å². The van der Waals surface area contributed by atoms with Crippen molar-refractivity contribution in [3.8, 4) is 0 Å². The van der Waals surface area contributed by atoms with Gasteiger partial charge in [0, 0.05) is 18.3 Å². The lowest BCUT2D eigenvalue weighted by atomic mass is 9.94. The van der Waals surface area contributed by atoms with Crippen molar-refractivity contribution in [3.05, 3.63) is 22.7 Å². The van der Waals surface area contributed by atoms with Crippen molar-refractivity contribution in [2.24, 2.45) is 5.92 Å². The number of aromatic nitrogens is 2. The first kappa shape index (κ1) is 14.2. The minimum absolute atomic E-state index is 0.113. The number of amides is 1. The summed E-state index contributed by atoms with van der Waals surface area (Å²) >= 11 is 5.78. The van der Waals surface area contributed by atoms with Crippen LogP contribution in [0.3, 0.4) is 0 Å². The van der Waals surface area contributed by atoms with Crippen LogP contribution in [0.1, 0.15) is 29.5 Å². The Hall–Kier alpha value is -1.20. The van der Waals surface area contributed by atoms with Gasteiger partial charge >= 0.3 is 0 Å². The van der Waals surface area contributed by atoms with Crippen LogP contribution in [0.5, 0.6) is 0 Å². The van der Waals surface area contributed by atoms with Gasteiger partial charge in [0.1, 0.15) is 5.69 Å². The van der Waals surface area contributed by atoms with Gasteiger partial charge in [0.05, 0.1) is 0 Å². The van der Waals surface area contributed by atoms with E-state index >= 15 is 0 Å². The fraction of sp³-hybridized carbons (Fsp3) is 0.615. The maximum absolute atomic E-state index is 12.2. The summed E-state index contributed by atoms with van der Waals surface area (Å²) in [6.45, 7) is 5.94. The van der Waals surface area contributed by atoms with Crippen molar-refractivity contribution in [1.29, 1.82) is 0 Å². The van der Waals surface area contributed by atoms with Gasteiger partial charge in [0.25, 0.3) is 5.91 Å². The number of halogens is 1. The molecule has 2 unspecified atom stereocenters. The average Bonchev–Trinajstić information content (AvgIpc) is 2.31. The number of carbonyl (C=O) groups is 1. The van der Waals surface area contributed by atoms with Crippen LogP contribution in [-0.2, 0) is 0 Å². The molecule has 0 saturated carbocycles. The van der Waals surface area contributed by atoms with Crippen molar-refractivity contribution in [1.82, 2.24) is 20.2 Å². The molecule has 0 aliphatic carbocycles. The Balaban J connectivity index is 2.04. The van der Waals surface area contributed by atoms with E-state index in [4.69, 9.17) is 11.6 Å². The highest BCUT2D eigenvalue weighted by atomic mass is 35.5. The molecule has 0 bridgehead atoms. The number of piperidine rings is 1. The Kier molecular flexibility index (Phi) is 4.37.